The van der Waals surface area contributed by atoms with Gasteiger partial charge in [-0.1, -0.05) is 26.2 Å². The van der Waals surface area contributed by atoms with E-state index in [0.29, 0.717) is 11.6 Å². The predicted octanol–water partition coefficient (Wildman–Crippen LogP) is 2.51. The van der Waals surface area contributed by atoms with E-state index in [9.17, 15) is 0 Å². The fraction of sp³-hybridized carbons (Fsp3) is 0.929. The minimum atomic E-state index is 0.319. The van der Waals surface area contributed by atoms with Crippen molar-refractivity contribution in [1.29, 1.82) is 0 Å². The summed E-state index contributed by atoms with van der Waals surface area (Å²) in [4.78, 5) is 7.12. The lowest BCUT2D eigenvalue weighted by molar-refractivity contribution is 0.149. The zero-order chi connectivity index (χ0) is 11.9. The molecule has 1 heterocycles. The molecular weight excluding hydrogens is 210 g/mol. The van der Waals surface area contributed by atoms with Crippen LogP contribution in [0.3, 0.4) is 0 Å². The van der Waals surface area contributed by atoms with Crippen LogP contribution in [0.5, 0.6) is 0 Å². The molecule has 0 aromatic rings. The van der Waals surface area contributed by atoms with Gasteiger partial charge in [0.1, 0.15) is 0 Å². The molecule has 3 nitrogen and oxygen atoms in total. The Balaban J connectivity index is 1.80. The molecule has 0 radical (unpaired) electrons. The Kier molecular flexibility index (Phi) is 2.80. The number of aliphatic imine (C=N–C) groups is 1. The number of nitrogens with zero attached hydrogens (tertiary/aromatic N) is 2. The molecule has 2 fully saturated rings. The molecule has 96 valence electrons. The first-order valence-electron chi connectivity index (χ1n) is 7.34. The summed E-state index contributed by atoms with van der Waals surface area (Å²) in [6, 6.07) is 0.692. The largest absolute Gasteiger partial charge is 0.370 e. The molecular formula is C14H25N3. The monoisotopic (exact) mass is 235 g/mol. The number of nitrogens with two attached hydrogens (primary N) is 1. The molecule has 2 aliphatic carbocycles. The van der Waals surface area contributed by atoms with Crippen LogP contribution in [0.4, 0.5) is 0 Å². The van der Waals surface area contributed by atoms with Gasteiger partial charge in [-0.05, 0) is 38.0 Å². The van der Waals surface area contributed by atoms with Crippen LogP contribution in [0, 0.1) is 5.92 Å². The van der Waals surface area contributed by atoms with Gasteiger partial charge in [-0.2, -0.15) is 0 Å². The van der Waals surface area contributed by atoms with Crippen LogP contribution < -0.4 is 5.73 Å². The molecule has 0 saturated heterocycles. The van der Waals surface area contributed by atoms with Crippen molar-refractivity contribution in [2.75, 3.05) is 6.54 Å². The molecule has 17 heavy (non-hydrogen) atoms. The second kappa shape index (κ2) is 4.18. The Morgan fingerprint density at radius 2 is 2.12 bits per heavy atom. The molecule has 2 saturated carbocycles. The molecule has 2 atom stereocenters. The highest BCUT2D eigenvalue weighted by atomic mass is 15.4. The van der Waals surface area contributed by atoms with Gasteiger partial charge in [0.2, 0.25) is 0 Å². The van der Waals surface area contributed by atoms with Crippen molar-refractivity contribution >= 4 is 5.96 Å². The highest BCUT2D eigenvalue weighted by molar-refractivity contribution is 5.81. The van der Waals surface area contributed by atoms with Crippen molar-refractivity contribution in [3.05, 3.63) is 0 Å². The Morgan fingerprint density at radius 1 is 1.35 bits per heavy atom. The van der Waals surface area contributed by atoms with Gasteiger partial charge in [0.15, 0.2) is 5.96 Å². The SMILES string of the molecule is CCC1CCC2(CN=C(N)N2C2CCCC2)C1. The number of rotatable bonds is 2. The van der Waals surface area contributed by atoms with Crippen LogP contribution in [0.1, 0.15) is 58.3 Å². The maximum atomic E-state index is 6.18. The van der Waals surface area contributed by atoms with E-state index in [-0.39, 0.29) is 0 Å². The Morgan fingerprint density at radius 3 is 2.76 bits per heavy atom. The zero-order valence-electron chi connectivity index (χ0n) is 11.0. The van der Waals surface area contributed by atoms with Gasteiger partial charge in [-0.25, -0.2) is 0 Å². The van der Waals surface area contributed by atoms with Gasteiger partial charge in [-0.15, -0.1) is 0 Å². The van der Waals surface area contributed by atoms with Crippen LogP contribution >= 0.6 is 0 Å². The third-order valence-corrected chi connectivity index (χ3v) is 5.25. The molecule has 2 unspecified atom stereocenters. The zero-order valence-corrected chi connectivity index (χ0v) is 11.0. The van der Waals surface area contributed by atoms with E-state index in [2.05, 4.69) is 16.8 Å². The molecule has 1 aliphatic heterocycles. The molecule has 3 aliphatic rings. The minimum absolute atomic E-state index is 0.319. The summed E-state index contributed by atoms with van der Waals surface area (Å²) >= 11 is 0. The van der Waals surface area contributed by atoms with Gasteiger partial charge in [0.05, 0.1) is 12.1 Å². The number of hydrogen-bond donors (Lipinski definition) is 1. The quantitative estimate of drug-likeness (QED) is 0.799. The Bertz CT molecular complexity index is 319. The third kappa shape index (κ3) is 1.74. The molecule has 1 spiro atoms. The summed E-state index contributed by atoms with van der Waals surface area (Å²) < 4.78 is 0. The lowest BCUT2D eigenvalue weighted by Gasteiger charge is -2.40. The Labute approximate surface area is 104 Å². The smallest absolute Gasteiger partial charge is 0.192 e. The topological polar surface area (TPSA) is 41.6 Å². The average Bonchev–Trinajstić information content (AvgIpc) is 3.01. The highest BCUT2D eigenvalue weighted by Gasteiger charge is 2.49. The van der Waals surface area contributed by atoms with Gasteiger partial charge < -0.3 is 10.6 Å². The molecule has 0 aromatic heterocycles. The summed E-state index contributed by atoms with van der Waals surface area (Å²) in [5, 5.41) is 0. The van der Waals surface area contributed by atoms with Crippen molar-refractivity contribution in [1.82, 2.24) is 4.90 Å². The van der Waals surface area contributed by atoms with E-state index in [1.54, 1.807) is 0 Å². The molecule has 0 amide bonds. The molecule has 0 aromatic carbocycles. The van der Waals surface area contributed by atoms with Crippen molar-refractivity contribution in [3.63, 3.8) is 0 Å². The van der Waals surface area contributed by atoms with Crippen LogP contribution in [-0.4, -0.2) is 29.0 Å². The van der Waals surface area contributed by atoms with Gasteiger partial charge in [-0.3, -0.25) is 4.99 Å². The van der Waals surface area contributed by atoms with Crippen molar-refractivity contribution in [2.45, 2.75) is 69.9 Å². The molecule has 0 bridgehead atoms. The van der Waals surface area contributed by atoms with E-state index in [1.807, 2.05) is 0 Å². The summed E-state index contributed by atoms with van der Waals surface area (Å²) in [6.07, 6.45) is 10.7. The average molecular weight is 235 g/mol. The maximum absolute atomic E-state index is 6.18. The van der Waals surface area contributed by atoms with Gasteiger partial charge >= 0.3 is 0 Å². The maximum Gasteiger partial charge on any atom is 0.192 e. The highest BCUT2D eigenvalue weighted by Crippen LogP contribution is 2.45. The summed E-state index contributed by atoms with van der Waals surface area (Å²) in [6.45, 7) is 3.29. The van der Waals surface area contributed by atoms with Gasteiger partial charge in [0.25, 0.3) is 0 Å². The number of guanidine groups is 1. The molecule has 3 heteroatoms. The fourth-order valence-electron chi connectivity index (χ4n) is 4.29. The molecule has 2 N–H and O–H groups in total. The summed E-state index contributed by atoms with van der Waals surface area (Å²) in [5.74, 6) is 1.74. The van der Waals surface area contributed by atoms with Crippen molar-refractivity contribution in [2.24, 2.45) is 16.6 Å². The second-order valence-corrected chi connectivity index (χ2v) is 6.22. The van der Waals surface area contributed by atoms with Crippen molar-refractivity contribution < 1.29 is 0 Å². The summed E-state index contributed by atoms with van der Waals surface area (Å²) in [5.41, 5.74) is 6.50. The van der Waals surface area contributed by atoms with E-state index < -0.39 is 0 Å². The van der Waals surface area contributed by atoms with E-state index >= 15 is 0 Å². The van der Waals surface area contributed by atoms with E-state index in [4.69, 9.17) is 5.73 Å². The van der Waals surface area contributed by atoms with Crippen LogP contribution in [0.2, 0.25) is 0 Å². The number of hydrogen-bond acceptors (Lipinski definition) is 3. The first kappa shape index (κ1) is 11.4. The molecule has 3 rings (SSSR count). The van der Waals surface area contributed by atoms with Crippen LogP contribution in [0.15, 0.2) is 4.99 Å². The second-order valence-electron chi connectivity index (χ2n) is 6.22. The lowest BCUT2D eigenvalue weighted by atomic mass is 9.92. The van der Waals surface area contributed by atoms with E-state index in [1.165, 1.54) is 51.4 Å². The van der Waals surface area contributed by atoms with Crippen LogP contribution in [0.25, 0.3) is 0 Å². The first-order chi connectivity index (χ1) is 8.25. The van der Waals surface area contributed by atoms with Gasteiger partial charge in [0, 0.05) is 6.04 Å². The predicted molar refractivity (Wildman–Crippen MR) is 70.9 cm³/mol. The minimum Gasteiger partial charge on any atom is -0.370 e. The first-order valence-corrected chi connectivity index (χ1v) is 7.34. The lowest BCUT2D eigenvalue weighted by Crippen LogP contribution is -2.54. The fourth-order valence-corrected chi connectivity index (χ4v) is 4.29. The van der Waals surface area contributed by atoms with Crippen LogP contribution in [-0.2, 0) is 0 Å². The standard InChI is InChI=1S/C14H25N3/c1-2-11-7-8-14(9-11)10-16-13(15)17(14)12-5-3-4-6-12/h11-12H,2-10H2,1H3,(H2,15,16). The van der Waals surface area contributed by atoms with Crippen molar-refractivity contribution in [3.8, 4) is 0 Å². The third-order valence-electron chi connectivity index (χ3n) is 5.25. The summed E-state index contributed by atoms with van der Waals surface area (Å²) in [7, 11) is 0. The van der Waals surface area contributed by atoms with E-state index in [0.717, 1.165) is 18.4 Å². The normalized spacial score (nSPS) is 38.3. The Hall–Kier alpha value is -0.730.